The summed E-state index contributed by atoms with van der Waals surface area (Å²) < 4.78 is 11.3. The molecular formula is C22H33IN4O2. The number of ether oxygens (including phenoxy) is 2. The van der Waals surface area contributed by atoms with Crippen molar-refractivity contribution in [3.8, 4) is 5.75 Å². The van der Waals surface area contributed by atoms with Gasteiger partial charge >= 0.3 is 0 Å². The van der Waals surface area contributed by atoms with Crippen LogP contribution in [0.25, 0.3) is 0 Å². The highest BCUT2D eigenvalue weighted by Crippen LogP contribution is 2.21. The van der Waals surface area contributed by atoms with Crippen molar-refractivity contribution < 1.29 is 9.47 Å². The largest absolute Gasteiger partial charge is 0.491 e. The molecule has 1 aromatic heterocycles. The van der Waals surface area contributed by atoms with Crippen LogP contribution in [-0.2, 0) is 17.7 Å². The van der Waals surface area contributed by atoms with E-state index in [4.69, 9.17) is 14.5 Å². The van der Waals surface area contributed by atoms with E-state index in [-0.39, 0.29) is 24.0 Å². The van der Waals surface area contributed by atoms with Crippen molar-refractivity contribution in [2.24, 2.45) is 4.99 Å². The van der Waals surface area contributed by atoms with Gasteiger partial charge in [-0.3, -0.25) is 4.98 Å². The second-order valence-electron chi connectivity index (χ2n) is 6.35. The third-order valence-electron chi connectivity index (χ3n) is 4.06. The van der Waals surface area contributed by atoms with E-state index < -0.39 is 0 Å². The molecule has 7 heteroatoms. The highest BCUT2D eigenvalue weighted by atomic mass is 127. The Labute approximate surface area is 191 Å². The second-order valence-corrected chi connectivity index (χ2v) is 6.35. The van der Waals surface area contributed by atoms with E-state index in [0.29, 0.717) is 26.4 Å². The third kappa shape index (κ3) is 9.94. The lowest BCUT2D eigenvalue weighted by Crippen LogP contribution is -2.38. The minimum atomic E-state index is 0. The molecule has 0 saturated heterocycles. The van der Waals surface area contributed by atoms with Crippen LogP contribution in [0.3, 0.4) is 0 Å². The molecule has 0 spiro atoms. The van der Waals surface area contributed by atoms with Crippen molar-refractivity contribution in [2.75, 3.05) is 32.9 Å². The van der Waals surface area contributed by atoms with E-state index >= 15 is 0 Å². The fraction of sp³-hybridized carbons (Fsp3) is 0.455. The molecule has 0 amide bonds. The zero-order chi connectivity index (χ0) is 20.0. The fourth-order valence-corrected chi connectivity index (χ4v) is 2.64. The normalized spacial score (nSPS) is 10.9. The number of halogens is 1. The van der Waals surface area contributed by atoms with Gasteiger partial charge in [-0.05, 0) is 44.5 Å². The molecule has 0 fully saturated rings. The molecule has 6 nitrogen and oxygen atoms in total. The van der Waals surface area contributed by atoms with Crippen molar-refractivity contribution >= 4 is 29.9 Å². The van der Waals surface area contributed by atoms with E-state index in [9.17, 15) is 0 Å². The Balaban J connectivity index is 0.00000420. The monoisotopic (exact) mass is 512 g/mol. The van der Waals surface area contributed by atoms with Gasteiger partial charge in [0.25, 0.3) is 0 Å². The standard InChI is InChI=1S/C22H32N4O2.HI/c1-4-23-22(25-13-11-20-8-6-7-12-24-20)26-17-19-10-9-18(3)16-21(19)28-15-14-27-5-2;/h6-10,12,16H,4-5,11,13-15,17H2,1-3H3,(H2,23,25,26);1H. The van der Waals surface area contributed by atoms with Gasteiger partial charge in [0.15, 0.2) is 5.96 Å². The predicted octanol–water partition coefficient (Wildman–Crippen LogP) is 3.72. The zero-order valence-corrected chi connectivity index (χ0v) is 19.9. The SMILES string of the molecule is CCNC(=NCc1ccc(C)cc1OCCOCC)NCCc1ccccn1.I. The lowest BCUT2D eigenvalue weighted by atomic mass is 10.1. The Kier molecular flexibility index (Phi) is 13.0. The maximum atomic E-state index is 5.91. The Hall–Kier alpha value is -1.87. The first-order valence-corrected chi connectivity index (χ1v) is 9.95. The molecule has 2 aromatic rings. The van der Waals surface area contributed by atoms with E-state index in [1.54, 1.807) is 0 Å². The van der Waals surface area contributed by atoms with Gasteiger partial charge in [-0.2, -0.15) is 0 Å². The van der Waals surface area contributed by atoms with Gasteiger partial charge in [-0.15, -0.1) is 24.0 Å². The zero-order valence-electron chi connectivity index (χ0n) is 17.6. The molecular weight excluding hydrogens is 479 g/mol. The molecule has 1 aromatic carbocycles. The Morgan fingerprint density at radius 3 is 2.69 bits per heavy atom. The van der Waals surface area contributed by atoms with Crippen LogP contribution < -0.4 is 15.4 Å². The summed E-state index contributed by atoms with van der Waals surface area (Å²) in [5.41, 5.74) is 3.29. The maximum Gasteiger partial charge on any atom is 0.191 e. The number of guanidine groups is 1. The van der Waals surface area contributed by atoms with Crippen molar-refractivity contribution in [3.63, 3.8) is 0 Å². The Morgan fingerprint density at radius 2 is 1.97 bits per heavy atom. The molecule has 0 radical (unpaired) electrons. The van der Waals surface area contributed by atoms with Crippen molar-refractivity contribution in [2.45, 2.75) is 33.7 Å². The molecule has 2 N–H and O–H groups in total. The smallest absolute Gasteiger partial charge is 0.191 e. The first-order valence-electron chi connectivity index (χ1n) is 9.95. The van der Waals surface area contributed by atoms with Crippen LogP contribution in [0.15, 0.2) is 47.6 Å². The number of hydrogen-bond acceptors (Lipinski definition) is 4. The Morgan fingerprint density at radius 1 is 1.10 bits per heavy atom. The first kappa shape index (κ1) is 25.2. The number of nitrogens with zero attached hydrogens (tertiary/aromatic N) is 2. The van der Waals surface area contributed by atoms with Crippen LogP contribution in [0, 0.1) is 6.92 Å². The molecule has 0 aliphatic heterocycles. The van der Waals surface area contributed by atoms with E-state index in [0.717, 1.165) is 42.5 Å². The summed E-state index contributed by atoms with van der Waals surface area (Å²) in [5.74, 6) is 1.66. The predicted molar refractivity (Wildman–Crippen MR) is 129 cm³/mol. The number of rotatable bonds is 11. The lowest BCUT2D eigenvalue weighted by Gasteiger charge is -2.13. The van der Waals surface area contributed by atoms with Crippen LogP contribution in [0.2, 0.25) is 0 Å². The number of aromatic nitrogens is 1. The van der Waals surface area contributed by atoms with Crippen LogP contribution in [0.5, 0.6) is 5.75 Å². The fourth-order valence-electron chi connectivity index (χ4n) is 2.64. The number of aliphatic imine (C=N–C) groups is 1. The van der Waals surface area contributed by atoms with Gasteiger partial charge in [0.2, 0.25) is 0 Å². The molecule has 0 unspecified atom stereocenters. The second kappa shape index (κ2) is 15.0. The Bertz CT molecular complexity index is 726. The molecule has 160 valence electrons. The van der Waals surface area contributed by atoms with Crippen molar-refractivity contribution in [1.82, 2.24) is 15.6 Å². The molecule has 2 rings (SSSR count). The van der Waals surface area contributed by atoms with Crippen LogP contribution in [0.1, 0.15) is 30.7 Å². The van der Waals surface area contributed by atoms with E-state index in [2.05, 4.69) is 47.7 Å². The summed E-state index contributed by atoms with van der Waals surface area (Å²) in [6.07, 6.45) is 2.67. The minimum Gasteiger partial charge on any atom is -0.491 e. The number of pyridine rings is 1. The minimum absolute atomic E-state index is 0. The summed E-state index contributed by atoms with van der Waals surface area (Å²) >= 11 is 0. The average Bonchev–Trinajstić information content (AvgIpc) is 2.71. The summed E-state index contributed by atoms with van der Waals surface area (Å²) in [6.45, 7) is 10.1. The highest BCUT2D eigenvalue weighted by Gasteiger charge is 2.05. The number of benzene rings is 1. The summed E-state index contributed by atoms with van der Waals surface area (Å²) in [6, 6.07) is 12.2. The van der Waals surface area contributed by atoms with E-state index in [1.165, 1.54) is 5.56 Å². The quantitative estimate of drug-likeness (QED) is 0.208. The highest BCUT2D eigenvalue weighted by molar-refractivity contribution is 14.0. The number of nitrogens with one attached hydrogen (secondary N) is 2. The average molecular weight is 512 g/mol. The van der Waals surface area contributed by atoms with Gasteiger partial charge in [0.05, 0.1) is 13.2 Å². The summed E-state index contributed by atoms with van der Waals surface area (Å²) in [4.78, 5) is 9.06. The van der Waals surface area contributed by atoms with Gasteiger partial charge in [-0.1, -0.05) is 18.2 Å². The molecule has 0 saturated carbocycles. The lowest BCUT2D eigenvalue weighted by molar-refractivity contribution is 0.110. The first-order chi connectivity index (χ1) is 13.7. The molecule has 0 atom stereocenters. The molecule has 0 bridgehead atoms. The number of hydrogen-bond donors (Lipinski definition) is 2. The molecule has 29 heavy (non-hydrogen) atoms. The molecule has 1 heterocycles. The van der Waals surface area contributed by atoms with Gasteiger partial charge in [-0.25, -0.2) is 4.99 Å². The third-order valence-corrected chi connectivity index (χ3v) is 4.06. The van der Waals surface area contributed by atoms with E-state index in [1.807, 2.05) is 31.3 Å². The van der Waals surface area contributed by atoms with Crippen molar-refractivity contribution in [3.05, 3.63) is 59.4 Å². The molecule has 0 aliphatic carbocycles. The number of aryl methyl sites for hydroxylation is 1. The summed E-state index contributed by atoms with van der Waals surface area (Å²) in [5, 5.41) is 6.66. The topological polar surface area (TPSA) is 67.8 Å². The molecule has 0 aliphatic rings. The van der Waals surface area contributed by atoms with Gasteiger partial charge < -0.3 is 20.1 Å². The maximum absolute atomic E-state index is 5.91. The summed E-state index contributed by atoms with van der Waals surface area (Å²) in [7, 11) is 0. The van der Waals surface area contributed by atoms with Crippen LogP contribution >= 0.6 is 24.0 Å². The van der Waals surface area contributed by atoms with Crippen molar-refractivity contribution in [1.29, 1.82) is 0 Å². The van der Waals surface area contributed by atoms with Gasteiger partial charge in [0, 0.05) is 43.6 Å². The van der Waals surface area contributed by atoms with Crippen LogP contribution in [-0.4, -0.2) is 43.9 Å². The van der Waals surface area contributed by atoms with Gasteiger partial charge in [0.1, 0.15) is 12.4 Å². The van der Waals surface area contributed by atoms with Crippen LogP contribution in [0.4, 0.5) is 0 Å².